The van der Waals surface area contributed by atoms with Crippen molar-refractivity contribution in [1.82, 2.24) is 15.5 Å². The molecule has 1 atom stereocenters. The maximum Gasteiger partial charge on any atom is 0.242 e. The van der Waals surface area contributed by atoms with E-state index in [4.69, 9.17) is 0 Å². The molecule has 1 fully saturated rings. The van der Waals surface area contributed by atoms with Crippen molar-refractivity contribution < 1.29 is 9.59 Å². The molecule has 1 aromatic rings. The zero-order valence-corrected chi connectivity index (χ0v) is 12.9. The first-order valence-electron chi connectivity index (χ1n) is 7.57. The summed E-state index contributed by atoms with van der Waals surface area (Å²) in [4.78, 5) is 27.6. The Bertz CT molecular complexity index is 529. The van der Waals surface area contributed by atoms with E-state index in [0.717, 1.165) is 45.3 Å². The van der Waals surface area contributed by atoms with Crippen LogP contribution >= 0.6 is 11.3 Å². The monoisotopic (exact) mass is 307 g/mol. The Morgan fingerprint density at radius 2 is 2.38 bits per heavy atom. The Balaban J connectivity index is 1.51. The van der Waals surface area contributed by atoms with Crippen molar-refractivity contribution in [2.45, 2.75) is 38.3 Å². The summed E-state index contributed by atoms with van der Waals surface area (Å²) in [6, 6.07) is 1.78. The first-order chi connectivity index (χ1) is 10.2. The van der Waals surface area contributed by atoms with Crippen molar-refractivity contribution in [2.75, 3.05) is 19.6 Å². The van der Waals surface area contributed by atoms with Crippen LogP contribution in [-0.2, 0) is 22.6 Å². The molecule has 1 aromatic heterocycles. The molecule has 6 heteroatoms. The summed E-state index contributed by atoms with van der Waals surface area (Å²) in [5.41, 5.74) is 1.34. The Morgan fingerprint density at radius 3 is 3.29 bits per heavy atom. The van der Waals surface area contributed by atoms with E-state index in [2.05, 4.69) is 27.0 Å². The molecule has 21 heavy (non-hydrogen) atoms. The molecule has 0 aromatic carbocycles. The SMILES string of the molecule is O=C(CN1CCc2sccc2C1)N[C@H]1CCCCNC1=O. The highest BCUT2D eigenvalue weighted by Crippen LogP contribution is 2.23. The van der Waals surface area contributed by atoms with Crippen LogP contribution in [0.1, 0.15) is 29.7 Å². The second-order valence-corrected chi connectivity index (χ2v) is 6.74. The molecule has 2 aliphatic heterocycles. The summed E-state index contributed by atoms with van der Waals surface area (Å²) in [7, 11) is 0. The van der Waals surface area contributed by atoms with Gasteiger partial charge in [0.1, 0.15) is 6.04 Å². The van der Waals surface area contributed by atoms with Crippen LogP contribution in [0.15, 0.2) is 11.4 Å². The molecule has 2 aliphatic rings. The molecule has 5 nitrogen and oxygen atoms in total. The molecule has 0 spiro atoms. The van der Waals surface area contributed by atoms with Gasteiger partial charge in [-0.2, -0.15) is 0 Å². The number of nitrogens with one attached hydrogen (secondary N) is 2. The van der Waals surface area contributed by atoms with Crippen molar-refractivity contribution in [1.29, 1.82) is 0 Å². The van der Waals surface area contributed by atoms with Crippen LogP contribution in [0, 0.1) is 0 Å². The van der Waals surface area contributed by atoms with E-state index in [0.29, 0.717) is 6.54 Å². The largest absolute Gasteiger partial charge is 0.354 e. The Hall–Kier alpha value is -1.40. The van der Waals surface area contributed by atoms with Gasteiger partial charge in [-0.05, 0) is 42.7 Å². The van der Waals surface area contributed by atoms with Gasteiger partial charge in [0.2, 0.25) is 11.8 Å². The fraction of sp³-hybridized carbons (Fsp3) is 0.600. The second-order valence-electron chi connectivity index (χ2n) is 5.74. The lowest BCUT2D eigenvalue weighted by Gasteiger charge is -2.26. The summed E-state index contributed by atoms with van der Waals surface area (Å²) in [5, 5.41) is 7.85. The van der Waals surface area contributed by atoms with Gasteiger partial charge in [0.05, 0.1) is 6.54 Å². The maximum absolute atomic E-state index is 12.2. The quantitative estimate of drug-likeness (QED) is 0.872. The number of hydrogen-bond donors (Lipinski definition) is 2. The minimum Gasteiger partial charge on any atom is -0.354 e. The summed E-state index contributed by atoms with van der Waals surface area (Å²) < 4.78 is 0. The maximum atomic E-state index is 12.2. The van der Waals surface area contributed by atoms with Crippen LogP contribution in [0.3, 0.4) is 0 Å². The molecule has 114 valence electrons. The lowest BCUT2D eigenvalue weighted by molar-refractivity contribution is -0.129. The number of nitrogens with zero attached hydrogens (tertiary/aromatic N) is 1. The number of rotatable bonds is 3. The molecule has 0 bridgehead atoms. The Morgan fingerprint density at radius 1 is 1.48 bits per heavy atom. The van der Waals surface area contributed by atoms with Gasteiger partial charge in [0.25, 0.3) is 0 Å². The van der Waals surface area contributed by atoms with Gasteiger partial charge < -0.3 is 10.6 Å². The Labute approximate surface area is 128 Å². The van der Waals surface area contributed by atoms with Gasteiger partial charge in [-0.25, -0.2) is 0 Å². The molecular formula is C15H21N3O2S. The molecule has 2 amide bonds. The molecule has 0 radical (unpaired) electrons. The normalized spacial score (nSPS) is 23.0. The average molecular weight is 307 g/mol. The van der Waals surface area contributed by atoms with Crippen LogP contribution in [0.5, 0.6) is 0 Å². The number of hydrogen-bond acceptors (Lipinski definition) is 4. The highest BCUT2D eigenvalue weighted by Gasteiger charge is 2.24. The van der Waals surface area contributed by atoms with Crippen molar-refractivity contribution in [3.8, 4) is 0 Å². The minimum absolute atomic E-state index is 0.0420. The number of thiophene rings is 1. The summed E-state index contributed by atoms with van der Waals surface area (Å²) >= 11 is 1.80. The van der Waals surface area contributed by atoms with Gasteiger partial charge in [-0.3, -0.25) is 14.5 Å². The number of fused-ring (bicyclic) bond motifs is 1. The highest BCUT2D eigenvalue weighted by molar-refractivity contribution is 7.10. The lowest BCUT2D eigenvalue weighted by Crippen LogP contribution is -2.49. The van der Waals surface area contributed by atoms with Crippen molar-refractivity contribution in [2.24, 2.45) is 0 Å². The predicted octanol–water partition coefficient (Wildman–Crippen LogP) is 0.891. The Kier molecular flexibility index (Phi) is 4.55. The fourth-order valence-corrected chi connectivity index (χ4v) is 3.85. The van der Waals surface area contributed by atoms with Crippen LogP contribution in [0.25, 0.3) is 0 Å². The second kappa shape index (κ2) is 6.58. The molecule has 0 unspecified atom stereocenters. The molecule has 3 heterocycles. The number of amides is 2. The van der Waals surface area contributed by atoms with Crippen LogP contribution in [-0.4, -0.2) is 42.4 Å². The molecular weight excluding hydrogens is 286 g/mol. The topological polar surface area (TPSA) is 61.4 Å². The van der Waals surface area contributed by atoms with Crippen molar-refractivity contribution in [3.63, 3.8) is 0 Å². The van der Waals surface area contributed by atoms with E-state index in [1.54, 1.807) is 11.3 Å². The van der Waals surface area contributed by atoms with Crippen molar-refractivity contribution in [3.05, 3.63) is 21.9 Å². The van der Waals surface area contributed by atoms with Gasteiger partial charge in [-0.15, -0.1) is 11.3 Å². The predicted molar refractivity (Wildman–Crippen MR) is 82.1 cm³/mol. The standard InChI is InChI=1S/C15H21N3O2S/c19-14(17-12-3-1-2-6-16-15(12)20)10-18-7-4-13-11(9-18)5-8-21-13/h5,8,12H,1-4,6-7,9-10H2,(H,16,20)(H,17,19)/t12-/m0/s1. The first kappa shape index (κ1) is 14.5. The van der Waals surface area contributed by atoms with Crippen LogP contribution in [0.2, 0.25) is 0 Å². The van der Waals surface area contributed by atoms with Gasteiger partial charge >= 0.3 is 0 Å². The molecule has 3 rings (SSSR count). The lowest BCUT2D eigenvalue weighted by atomic mass is 10.1. The van der Waals surface area contributed by atoms with Crippen molar-refractivity contribution >= 4 is 23.2 Å². The zero-order valence-electron chi connectivity index (χ0n) is 12.1. The number of carbonyl (C=O) groups is 2. The van der Waals surface area contributed by atoms with E-state index < -0.39 is 0 Å². The fourth-order valence-electron chi connectivity index (χ4n) is 2.96. The third-order valence-corrected chi connectivity index (χ3v) is 5.15. The van der Waals surface area contributed by atoms with Crippen LogP contribution < -0.4 is 10.6 Å². The number of carbonyl (C=O) groups excluding carboxylic acids is 2. The smallest absolute Gasteiger partial charge is 0.242 e. The summed E-state index contributed by atoms with van der Waals surface area (Å²) in [6.45, 7) is 2.85. The van der Waals surface area contributed by atoms with E-state index >= 15 is 0 Å². The van der Waals surface area contributed by atoms with E-state index in [-0.39, 0.29) is 17.9 Å². The third kappa shape index (κ3) is 3.63. The first-order valence-corrected chi connectivity index (χ1v) is 8.45. The van der Waals surface area contributed by atoms with Crippen LogP contribution in [0.4, 0.5) is 0 Å². The highest BCUT2D eigenvalue weighted by atomic mass is 32.1. The van der Waals surface area contributed by atoms with E-state index in [9.17, 15) is 9.59 Å². The van der Waals surface area contributed by atoms with Gasteiger partial charge in [0.15, 0.2) is 0 Å². The molecule has 2 N–H and O–H groups in total. The molecule has 1 saturated heterocycles. The van der Waals surface area contributed by atoms with E-state index in [1.165, 1.54) is 10.4 Å². The summed E-state index contributed by atoms with van der Waals surface area (Å²) in [6.07, 6.45) is 3.73. The zero-order chi connectivity index (χ0) is 14.7. The van der Waals surface area contributed by atoms with Gasteiger partial charge in [-0.1, -0.05) is 0 Å². The molecule has 0 aliphatic carbocycles. The van der Waals surface area contributed by atoms with E-state index in [1.807, 2.05) is 0 Å². The minimum atomic E-state index is -0.360. The molecule has 0 saturated carbocycles. The average Bonchev–Trinajstić information content (AvgIpc) is 2.84. The summed E-state index contributed by atoms with van der Waals surface area (Å²) in [5.74, 6) is -0.0876. The van der Waals surface area contributed by atoms with Gasteiger partial charge in [0, 0.05) is 24.5 Å². The third-order valence-electron chi connectivity index (χ3n) is 4.12.